The lowest BCUT2D eigenvalue weighted by Crippen LogP contribution is -2.47. The average molecular weight is 328 g/mol. The molecular formula is C18H24N4O2. The average Bonchev–Trinajstić information content (AvgIpc) is 3.11. The fourth-order valence-electron chi connectivity index (χ4n) is 4.13. The third kappa shape index (κ3) is 2.75. The zero-order valence-corrected chi connectivity index (χ0v) is 14.3. The lowest BCUT2D eigenvalue weighted by atomic mass is 9.95. The van der Waals surface area contributed by atoms with Crippen molar-refractivity contribution in [1.29, 1.82) is 0 Å². The summed E-state index contributed by atoms with van der Waals surface area (Å²) in [5.74, 6) is 1.58. The van der Waals surface area contributed by atoms with Crippen molar-refractivity contribution in [2.75, 3.05) is 19.6 Å². The number of carbonyl (C=O) groups excluding carboxylic acids is 1. The molecule has 0 spiro atoms. The third-order valence-corrected chi connectivity index (χ3v) is 5.44. The summed E-state index contributed by atoms with van der Waals surface area (Å²) in [7, 11) is 0. The molecule has 128 valence electrons. The van der Waals surface area contributed by atoms with Gasteiger partial charge in [0.15, 0.2) is 0 Å². The maximum Gasteiger partial charge on any atom is 0.270 e. The zero-order valence-electron chi connectivity index (χ0n) is 14.3. The van der Waals surface area contributed by atoms with Crippen molar-refractivity contribution < 1.29 is 9.32 Å². The molecule has 0 unspecified atom stereocenters. The van der Waals surface area contributed by atoms with Crippen molar-refractivity contribution in [2.45, 2.75) is 39.3 Å². The summed E-state index contributed by atoms with van der Waals surface area (Å²) in [4.78, 5) is 20.4. The van der Waals surface area contributed by atoms with E-state index in [0.717, 1.165) is 44.1 Å². The molecule has 2 atom stereocenters. The molecule has 1 N–H and O–H groups in total. The Bertz CT molecular complexity index is 702. The first-order valence-corrected chi connectivity index (χ1v) is 8.70. The van der Waals surface area contributed by atoms with E-state index in [9.17, 15) is 4.79 Å². The first-order valence-electron chi connectivity index (χ1n) is 8.70. The number of carbonyl (C=O) groups is 1. The van der Waals surface area contributed by atoms with Crippen molar-refractivity contribution in [2.24, 2.45) is 5.92 Å². The molecule has 2 bridgehead atoms. The number of nitrogens with zero attached hydrogens (tertiary/aromatic N) is 3. The van der Waals surface area contributed by atoms with Crippen molar-refractivity contribution in [1.82, 2.24) is 19.9 Å². The molecule has 3 saturated heterocycles. The van der Waals surface area contributed by atoms with Gasteiger partial charge in [0, 0.05) is 44.0 Å². The number of aromatic amines is 1. The van der Waals surface area contributed by atoms with Crippen LogP contribution >= 0.6 is 0 Å². The Hall–Kier alpha value is -2.08. The Balaban J connectivity index is 1.51. The first-order chi connectivity index (χ1) is 11.6. The van der Waals surface area contributed by atoms with E-state index in [0.29, 0.717) is 17.7 Å². The molecule has 0 aliphatic carbocycles. The summed E-state index contributed by atoms with van der Waals surface area (Å²) in [6.45, 7) is 7.66. The van der Waals surface area contributed by atoms with E-state index in [1.807, 2.05) is 32.2 Å². The van der Waals surface area contributed by atoms with Gasteiger partial charge in [0.2, 0.25) is 0 Å². The maximum absolute atomic E-state index is 12.8. The van der Waals surface area contributed by atoms with Crippen LogP contribution in [0.25, 0.3) is 0 Å². The van der Waals surface area contributed by atoms with Crippen LogP contribution in [0.2, 0.25) is 0 Å². The molecule has 0 saturated carbocycles. The van der Waals surface area contributed by atoms with Crippen LogP contribution in [0.1, 0.15) is 40.3 Å². The highest BCUT2D eigenvalue weighted by molar-refractivity contribution is 5.92. The summed E-state index contributed by atoms with van der Waals surface area (Å²) in [6, 6.07) is 4.04. The SMILES string of the molecule is Cc1noc(C)c1CN1C[C@H]2CC[C@@H](C1)N(C(=O)c1ccc[nH]1)C2. The highest BCUT2D eigenvalue weighted by Crippen LogP contribution is 2.30. The zero-order chi connectivity index (χ0) is 16.7. The minimum absolute atomic E-state index is 0.133. The number of aromatic nitrogens is 2. The van der Waals surface area contributed by atoms with E-state index in [1.165, 1.54) is 12.0 Å². The molecular weight excluding hydrogens is 304 g/mol. The van der Waals surface area contributed by atoms with Gasteiger partial charge in [-0.05, 0) is 44.7 Å². The van der Waals surface area contributed by atoms with Crippen LogP contribution < -0.4 is 0 Å². The Morgan fingerprint density at radius 2 is 2.21 bits per heavy atom. The largest absolute Gasteiger partial charge is 0.361 e. The molecule has 5 rings (SSSR count). The number of amides is 1. The molecule has 6 nitrogen and oxygen atoms in total. The quantitative estimate of drug-likeness (QED) is 0.939. The van der Waals surface area contributed by atoms with Crippen LogP contribution in [0, 0.1) is 19.8 Å². The standard InChI is InChI=1S/C18H24N4O2/c1-12-16(13(2)24-20-12)11-21-8-14-5-6-15(10-21)22(9-14)18(23)17-4-3-7-19-17/h3-4,7,14-15,19H,5-6,8-11H2,1-2H3/t14-,15+/m1/s1. The van der Waals surface area contributed by atoms with Crippen LogP contribution in [0.3, 0.4) is 0 Å². The molecule has 2 aromatic rings. The van der Waals surface area contributed by atoms with Crippen molar-refractivity contribution in [3.05, 3.63) is 41.0 Å². The highest BCUT2D eigenvalue weighted by atomic mass is 16.5. The highest BCUT2D eigenvalue weighted by Gasteiger charge is 2.37. The number of rotatable bonds is 3. The van der Waals surface area contributed by atoms with Gasteiger partial charge in [-0.3, -0.25) is 9.69 Å². The van der Waals surface area contributed by atoms with Gasteiger partial charge in [-0.2, -0.15) is 0 Å². The van der Waals surface area contributed by atoms with E-state index < -0.39 is 0 Å². The Morgan fingerprint density at radius 1 is 1.33 bits per heavy atom. The number of fused-ring (bicyclic) bond motifs is 4. The molecule has 5 heterocycles. The Kier molecular flexibility index (Phi) is 3.92. The number of aryl methyl sites for hydroxylation is 2. The summed E-state index contributed by atoms with van der Waals surface area (Å²) < 4.78 is 5.30. The number of nitrogens with one attached hydrogen (secondary N) is 1. The molecule has 3 aliphatic heterocycles. The van der Waals surface area contributed by atoms with Crippen molar-refractivity contribution in [3.8, 4) is 0 Å². The predicted octanol–water partition coefficient (Wildman–Crippen LogP) is 2.36. The van der Waals surface area contributed by atoms with Crippen LogP contribution in [0.5, 0.6) is 0 Å². The molecule has 3 fully saturated rings. The van der Waals surface area contributed by atoms with Crippen molar-refractivity contribution in [3.63, 3.8) is 0 Å². The Labute approximate surface area is 141 Å². The smallest absolute Gasteiger partial charge is 0.270 e. The minimum Gasteiger partial charge on any atom is -0.361 e. The molecule has 3 aliphatic rings. The van der Waals surface area contributed by atoms with Gasteiger partial charge in [0.25, 0.3) is 5.91 Å². The molecule has 0 radical (unpaired) electrons. The lowest BCUT2D eigenvalue weighted by molar-refractivity contribution is 0.0579. The molecule has 0 aromatic carbocycles. The summed E-state index contributed by atoms with van der Waals surface area (Å²) >= 11 is 0. The van der Waals surface area contributed by atoms with E-state index in [4.69, 9.17) is 4.52 Å². The lowest BCUT2D eigenvalue weighted by Gasteiger charge is -2.36. The predicted molar refractivity (Wildman–Crippen MR) is 89.6 cm³/mol. The van der Waals surface area contributed by atoms with Gasteiger partial charge < -0.3 is 14.4 Å². The Morgan fingerprint density at radius 3 is 2.92 bits per heavy atom. The number of hydrogen-bond donors (Lipinski definition) is 1. The first kappa shape index (κ1) is 15.4. The fraction of sp³-hybridized carbons (Fsp3) is 0.556. The van der Waals surface area contributed by atoms with Crippen molar-refractivity contribution >= 4 is 5.91 Å². The van der Waals surface area contributed by atoms with Gasteiger partial charge in [0.05, 0.1) is 5.69 Å². The maximum atomic E-state index is 12.8. The summed E-state index contributed by atoms with van der Waals surface area (Å²) in [5, 5.41) is 4.07. The fourth-order valence-corrected chi connectivity index (χ4v) is 4.13. The van der Waals surface area contributed by atoms with Crippen LogP contribution in [0.15, 0.2) is 22.9 Å². The number of H-pyrrole nitrogens is 1. The second-order valence-electron chi connectivity index (χ2n) is 7.14. The molecule has 6 heteroatoms. The van der Waals surface area contributed by atoms with E-state index in [2.05, 4.69) is 19.9 Å². The van der Waals surface area contributed by atoms with Gasteiger partial charge in [-0.15, -0.1) is 0 Å². The van der Waals surface area contributed by atoms with Crippen LogP contribution in [-0.2, 0) is 6.54 Å². The molecule has 1 amide bonds. The summed E-state index contributed by atoms with van der Waals surface area (Å²) in [5.41, 5.74) is 2.86. The second kappa shape index (κ2) is 6.09. The minimum atomic E-state index is 0.133. The van der Waals surface area contributed by atoms with Gasteiger partial charge in [-0.25, -0.2) is 0 Å². The number of piperidine rings is 1. The van der Waals surface area contributed by atoms with E-state index in [-0.39, 0.29) is 5.91 Å². The topological polar surface area (TPSA) is 65.4 Å². The van der Waals surface area contributed by atoms with E-state index >= 15 is 0 Å². The molecule has 2 aromatic heterocycles. The normalized spacial score (nSPS) is 24.3. The second-order valence-corrected chi connectivity index (χ2v) is 7.14. The van der Waals surface area contributed by atoms with Gasteiger partial charge in [0.1, 0.15) is 11.5 Å². The number of hydrogen-bond acceptors (Lipinski definition) is 4. The monoisotopic (exact) mass is 328 g/mol. The van der Waals surface area contributed by atoms with Crippen LogP contribution in [0.4, 0.5) is 0 Å². The third-order valence-electron chi connectivity index (χ3n) is 5.44. The van der Waals surface area contributed by atoms with Gasteiger partial charge >= 0.3 is 0 Å². The van der Waals surface area contributed by atoms with Gasteiger partial charge in [-0.1, -0.05) is 5.16 Å². The molecule has 24 heavy (non-hydrogen) atoms. The summed E-state index contributed by atoms with van der Waals surface area (Å²) in [6.07, 6.45) is 4.11. The van der Waals surface area contributed by atoms with E-state index in [1.54, 1.807) is 0 Å². The van der Waals surface area contributed by atoms with Crippen LogP contribution in [-0.4, -0.2) is 51.5 Å².